The van der Waals surface area contributed by atoms with Crippen molar-refractivity contribution in [3.8, 4) is 0 Å². The summed E-state index contributed by atoms with van der Waals surface area (Å²) >= 11 is 1.80. The van der Waals surface area contributed by atoms with Crippen molar-refractivity contribution in [2.24, 2.45) is 0 Å². The number of carbonyl (C=O) groups is 1. The van der Waals surface area contributed by atoms with Crippen LogP contribution in [0.3, 0.4) is 0 Å². The van der Waals surface area contributed by atoms with Crippen LogP contribution in [0.25, 0.3) is 0 Å². The van der Waals surface area contributed by atoms with Crippen LogP contribution in [-0.2, 0) is 6.54 Å². The monoisotopic (exact) mass is 329 g/mol. The summed E-state index contributed by atoms with van der Waals surface area (Å²) in [4.78, 5) is 23.0. The molecule has 0 N–H and O–H groups in total. The van der Waals surface area contributed by atoms with Crippen LogP contribution in [0.15, 0.2) is 29.6 Å². The van der Waals surface area contributed by atoms with Gasteiger partial charge in [0.1, 0.15) is 0 Å². The fraction of sp³-hybridized carbons (Fsp3) is 0.444. The molecule has 2 aromatic heterocycles. The summed E-state index contributed by atoms with van der Waals surface area (Å²) in [5.41, 5.74) is 2.52. The smallest absolute Gasteiger partial charge is 0.255 e. The minimum Gasteiger partial charge on any atom is -0.337 e. The minimum atomic E-state index is 0.118. The Labute approximate surface area is 141 Å². The molecule has 1 amide bonds. The van der Waals surface area contributed by atoms with Crippen LogP contribution >= 0.6 is 11.3 Å². The molecule has 3 rings (SSSR count). The standard InChI is InChI=1S/C18H23N3OS/c1-14-6-7-17(15(2)19-14)18(22)21-9-4-8-20(10-11-21)13-16-5-3-12-23-16/h3,5-7,12H,4,8-11,13H2,1-2H3. The van der Waals surface area contributed by atoms with Crippen LogP contribution in [0, 0.1) is 13.8 Å². The van der Waals surface area contributed by atoms with Gasteiger partial charge in [0.2, 0.25) is 0 Å². The average Bonchev–Trinajstić information content (AvgIpc) is 2.91. The molecule has 0 aromatic carbocycles. The topological polar surface area (TPSA) is 36.4 Å². The molecule has 2 aromatic rings. The molecule has 1 aliphatic rings. The van der Waals surface area contributed by atoms with Crippen molar-refractivity contribution in [3.05, 3.63) is 51.5 Å². The molecule has 5 heteroatoms. The molecule has 0 radical (unpaired) electrons. The van der Waals surface area contributed by atoms with E-state index in [9.17, 15) is 4.79 Å². The number of nitrogens with zero attached hydrogens (tertiary/aromatic N) is 3. The van der Waals surface area contributed by atoms with Crippen LogP contribution in [0.4, 0.5) is 0 Å². The summed E-state index contributed by atoms with van der Waals surface area (Å²) < 4.78 is 0. The molecule has 4 nitrogen and oxygen atoms in total. The Morgan fingerprint density at radius 2 is 2.04 bits per heavy atom. The maximum atomic E-state index is 12.8. The van der Waals surface area contributed by atoms with Gasteiger partial charge in [-0.1, -0.05) is 6.07 Å². The maximum Gasteiger partial charge on any atom is 0.255 e. The van der Waals surface area contributed by atoms with E-state index < -0.39 is 0 Å². The summed E-state index contributed by atoms with van der Waals surface area (Å²) in [5, 5.41) is 2.12. The van der Waals surface area contributed by atoms with Gasteiger partial charge in [0.25, 0.3) is 5.91 Å². The number of carbonyl (C=O) groups excluding carboxylic acids is 1. The number of amides is 1. The summed E-state index contributed by atoms with van der Waals surface area (Å²) in [6, 6.07) is 8.11. The lowest BCUT2D eigenvalue weighted by Gasteiger charge is -2.22. The number of aromatic nitrogens is 1. The van der Waals surface area contributed by atoms with Crippen molar-refractivity contribution < 1.29 is 4.79 Å². The van der Waals surface area contributed by atoms with Gasteiger partial charge in [-0.3, -0.25) is 14.7 Å². The Morgan fingerprint density at radius 3 is 2.78 bits per heavy atom. The second kappa shape index (κ2) is 7.23. The Kier molecular flexibility index (Phi) is 5.08. The number of hydrogen-bond acceptors (Lipinski definition) is 4. The van der Waals surface area contributed by atoms with Crippen LogP contribution in [0.5, 0.6) is 0 Å². The first-order valence-electron chi connectivity index (χ1n) is 8.12. The first-order chi connectivity index (χ1) is 11.1. The number of aryl methyl sites for hydroxylation is 2. The largest absolute Gasteiger partial charge is 0.337 e. The van der Waals surface area contributed by atoms with Crippen molar-refractivity contribution in [2.75, 3.05) is 26.2 Å². The van der Waals surface area contributed by atoms with E-state index in [2.05, 4.69) is 27.4 Å². The normalized spacial score (nSPS) is 16.3. The lowest BCUT2D eigenvalue weighted by Crippen LogP contribution is -2.35. The molecule has 0 unspecified atom stereocenters. The SMILES string of the molecule is Cc1ccc(C(=O)N2CCCN(Cc3cccs3)CC2)c(C)n1. The molecular formula is C18H23N3OS. The van der Waals surface area contributed by atoms with Gasteiger partial charge < -0.3 is 4.90 Å². The fourth-order valence-corrected chi connectivity index (χ4v) is 3.78. The van der Waals surface area contributed by atoms with Crippen LogP contribution in [0.2, 0.25) is 0 Å². The predicted octanol–water partition coefficient (Wildman–Crippen LogP) is 3.11. The van der Waals surface area contributed by atoms with Crippen LogP contribution in [-0.4, -0.2) is 46.9 Å². The minimum absolute atomic E-state index is 0.118. The molecule has 0 spiro atoms. The van der Waals surface area contributed by atoms with Crippen molar-refractivity contribution in [1.82, 2.24) is 14.8 Å². The Balaban J connectivity index is 1.64. The first kappa shape index (κ1) is 16.1. The van der Waals surface area contributed by atoms with Crippen molar-refractivity contribution in [1.29, 1.82) is 0 Å². The molecule has 0 saturated carbocycles. The van der Waals surface area contributed by atoms with E-state index in [1.165, 1.54) is 4.88 Å². The molecule has 0 atom stereocenters. The molecule has 3 heterocycles. The van der Waals surface area contributed by atoms with E-state index in [4.69, 9.17) is 0 Å². The lowest BCUT2D eigenvalue weighted by molar-refractivity contribution is 0.0760. The highest BCUT2D eigenvalue weighted by Gasteiger charge is 2.22. The zero-order valence-electron chi connectivity index (χ0n) is 13.8. The molecule has 1 aliphatic heterocycles. The summed E-state index contributed by atoms with van der Waals surface area (Å²) in [6.45, 7) is 8.46. The average molecular weight is 329 g/mol. The molecule has 23 heavy (non-hydrogen) atoms. The van der Waals surface area contributed by atoms with Crippen LogP contribution in [0.1, 0.15) is 33.0 Å². The fourth-order valence-electron chi connectivity index (χ4n) is 3.04. The molecule has 122 valence electrons. The quantitative estimate of drug-likeness (QED) is 0.868. The molecule has 1 fully saturated rings. The van der Waals surface area contributed by atoms with Gasteiger partial charge >= 0.3 is 0 Å². The van der Waals surface area contributed by atoms with E-state index in [-0.39, 0.29) is 5.91 Å². The van der Waals surface area contributed by atoms with Crippen molar-refractivity contribution in [2.45, 2.75) is 26.8 Å². The van der Waals surface area contributed by atoms with Crippen LogP contribution < -0.4 is 0 Å². The summed E-state index contributed by atoms with van der Waals surface area (Å²) in [6.07, 6.45) is 1.02. The third-order valence-electron chi connectivity index (χ3n) is 4.29. The maximum absolute atomic E-state index is 12.8. The highest BCUT2D eigenvalue weighted by atomic mass is 32.1. The van der Waals surface area contributed by atoms with E-state index in [0.717, 1.165) is 56.1 Å². The Hall–Kier alpha value is -1.72. The number of rotatable bonds is 3. The summed E-state index contributed by atoms with van der Waals surface area (Å²) in [7, 11) is 0. The second-order valence-corrected chi connectivity index (χ2v) is 7.12. The van der Waals surface area contributed by atoms with E-state index >= 15 is 0 Å². The highest BCUT2D eigenvalue weighted by molar-refractivity contribution is 7.09. The molecule has 0 bridgehead atoms. The van der Waals surface area contributed by atoms with Gasteiger partial charge in [-0.25, -0.2) is 0 Å². The van der Waals surface area contributed by atoms with Gasteiger partial charge in [-0.15, -0.1) is 11.3 Å². The molecular weight excluding hydrogens is 306 g/mol. The third-order valence-corrected chi connectivity index (χ3v) is 5.15. The van der Waals surface area contributed by atoms with Gasteiger partial charge in [0.05, 0.1) is 11.3 Å². The highest BCUT2D eigenvalue weighted by Crippen LogP contribution is 2.16. The van der Waals surface area contributed by atoms with Crippen molar-refractivity contribution in [3.63, 3.8) is 0 Å². The van der Waals surface area contributed by atoms with Crippen molar-refractivity contribution >= 4 is 17.2 Å². The van der Waals surface area contributed by atoms with Gasteiger partial charge in [-0.05, 0) is 43.8 Å². The lowest BCUT2D eigenvalue weighted by atomic mass is 10.1. The van der Waals surface area contributed by atoms with E-state index in [1.807, 2.05) is 30.9 Å². The predicted molar refractivity (Wildman–Crippen MR) is 93.8 cm³/mol. The van der Waals surface area contributed by atoms with Gasteiger partial charge in [-0.2, -0.15) is 0 Å². The zero-order valence-corrected chi connectivity index (χ0v) is 14.6. The van der Waals surface area contributed by atoms with Gasteiger partial charge in [0, 0.05) is 43.3 Å². The molecule has 1 saturated heterocycles. The number of pyridine rings is 1. The van der Waals surface area contributed by atoms with E-state index in [1.54, 1.807) is 11.3 Å². The first-order valence-corrected chi connectivity index (χ1v) is 9.00. The number of hydrogen-bond donors (Lipinski definition) is 0. The Bertz CT molecular complexity index is 669. The third kappa shape index (κ3) is 3.98. The second-order valence-electron chi connectivity index (χ2n) is 6.09. The molecule has 0 aliphatic carbocycles. The number of thiophene rings is 1. The summed E-state index contributed by atoms with van der Waals surface area (Å²) in [5.74, 6) is 0.118. The van der Waals surface area contributed by atoms with Gasteiger partial charge in [0.15, 0.2) is 0 Å². The Morgan fingerprint density at radius 1 is 1.17 bits per heavy atom. The van der Waals surface area contributed by atoms with E-state index in [0.29, 0.717) is 0 Å². The zero-order chi connectivity index (χ0) is 16.2.